The minimum atomic E-state index is -0.647. The molecule has 0 N–H and O–H groups in total. The molecule has 2 unspecified atom stereocenters. The van der Waals surface area contributed by atoms with Gasteiger partial charge in [0.1, 0.15) is 5.75 Å². The van der Waals surface area contributed by atoms with E-state index in [0.717, 1.165) is 28.3 Å². The van der Waals surface area contributed by atoms with E-state index in [1.54, 1.807) is 0 Å². The van der Waals surface area contributed by atoms with Crippen molar-refractivity contribution >= 4 is 11.9 Å². The third-order valence-electron chi connectivity index (χ3n) is 7.33. The molecule has 3 rings (SSSR count). The fraction of sp³-hybridized carbons (Fsp3) is 0.387. The highest BCUT2D eigenvalue weighted by atomic mass is 16.5. The quantitative estimate of drug-likeness (QED) is 0.324. The first-order valence-corrected chi connectivity index (χ1v) is 12.3. The van der Waals surface area contributed by atoms with Crippen LogP contribution in [0.3, 0.4) is 0 Å². The minimum absolute atomic E-state index is 0.0657. The molecule has 2 aliphatic rings. The average Bonchev–Trinajstić information content (AvgIpc) is 2.98. The van der Waals surface area contributed by atoms with Crippen LogP contribution in [-0.4, -0.2) is 42.5 Å². The second-order valence-corrected chi connectivity index (χ2v) is 10.1. The van der Waals surface area contributed by atoms with Crippen LogP contribution in [0.4, 0.5) is 0 Å². The van der Waals surface area contributed by atoms with Gasteiger partial charge in [-0.05, 0) is 69.6 Å². The van der Waals surface area contributed by atoms with E-state index in [4.69, 9.17) is 4.74 Å². The first-order chi connectivity index (χ1) is 16.5. The summed E-state index contributed by atoms with van der Waals surface area (Å²) in [6.07, 6.45) is 15.1. The molecule has 2 aliphatic heterocycles. The van der Waals surface area contributed by atoms with Crippen LogP contribution in [0.25, 0.3) is 6.08 Å². The van der Waals surface area contributed by atoms with Crippen molar-refractivity contribution in [2.45, 2.75) is 46.8 Å². The number of carbonyl (C=O) groups excluding carboxylic acids is 1. The Balaban J connectivity index is 1.85. The summed E-state index contributed by atoms with van der Waals surface area (Å²) in [5, 5.41) is 0. The fourth-order valence-corrected chi connectivity index (χ4v) is 5.11. The van der Waals surface area contributed by atoms with Gasteiger partial charge < -0.3 is 14.5 Å². The maximum Gasteiger partial charge on any atom is 0.211 e. The van der Waals surface area contributed by atoms with Crippen LogP contribution < -0.4 is 4.74 Å². The number of fused-ring (bicyclic) bond motifs is 1. The Morgan fingerprint density at radius 1 is 1.23 bits per heavy atom. The summed E-state index contributed by atoms with van der Waals surface area (Å²) in [6, 6.07) is 8.11. The van der Waals surface area contributed by atoms with Crippen LogP contribution in [0, 0.1) is 11.3 Å². The summed E-state index contributed by atoms with van der Waals surface area (Å²) in [5.41, 5.74) is 4.03. The van der Waals surface area contributed by atoms with Gasteiger partial charge in [0, 0.05) is 44.0 Å². The molecular weight excluding hydrogens is 432 g/mol. The highest BCUT2D eigenvalue weighted by molar-refractivity contribution is 5.97. The zero-order valence-corrected chi connectivity index (χ0v) is 22.6. The second kappa shape index (κ2) is 10.2. The number of ether oxygens (including phenoxy) is 1. The topological polar surface area (TPSA) is 32.8 Å². The van der Waals surface area contributed by atoms with Crippen LogP contribution in [0.5, 0.6) is 5.75 Å². The molecule has 1 saturated heterocycles. The molecule has 2 atom stereocenters. The van der Waals surface area contributed by atoms with Crippen molar-refractivity contribution in [1.29, 1.82) is 0 Å². The Labute approximate surface area is 211 Å². The number of Topliss-reactive ketones (excluding diaryl/α,β-unsaturated/α-hetero) is 1. The molecule has 186 valence electrons. The number of benzene rings is 1. The predicted molar refractivity (Wildman–Crippen MR) is 147 cm³/mol. The van der Waals surface area contributed by atoms with Crippen molar-refractivity contribution in [1.82, 2.24) is 9.80 Å². The molecule has 1 fully saturated rings. The number of ketones is 1. The molecule has 0 aromatic heterocycles. The van der Waals surface area contributed by atoms with Crippen molar-refractivity contribution < 1.29 is 9.53 Å². The zero-order chi connectivity index (χ0) is 26.0. The summed E-state index contributed by atoms with van der Waals surface area (Å²) in [4.78, 5) is 17.3. The molecule has 0 amide bonds. The van der Waals surface area contributed by atoms with Crippen LogP contribution in [0.2, 0.25) is 0 Å². The first kappa shape index (κ1) is 26.3. The lowest BCUT2D eigenvalue weighted by atomic mass is 9.75. The maximum atomic E-state index is 13.1. The fourth-order valence-electron chi connectivity index (χ4n) is 5.11. The van der Waals surface area contributed by atoms with Crippen LogP contribution in [0.15, 0.2) is 89.8 Å². The monoisotopic (exact) mass is 472 g/mol. The summed E-state index contributed by atoms with van der Waals surface area (Å²) < 4.78 is 6.70. The summed E-state index contributed by atoms with van der Waals surface area (Å²) in [5.74, 6) is 0.713. The summed E-state index contributed by atoms with van der Waals surface area (Å²) in [7, 11) is 6.06. The van der Waals surface area contributed by atoms with Crippen molar-refractivity contribution in [3.63, 3.8) is 0 Å². The molecule has 4 nitrogen and oxygen atoms in total. The van der Waals surface area contributed by atoms with Gasteiger partial charge in [0.15, 0.2) is 5.78 Å². The van der Waals surface area contributed by atoms with E-state index in [9.17, 15) is 4.79 Å². The Morgan fingerprint density at radius 2 is 1.91 bits per heavy atom. The van der Waals surface area contributed by atoms with Gasteiger partial charge in [0.05, 0.1) is 5.41 Å². The summed E-state index contributed by atoms with van der Waals surface area (Å²) in [6.45, 7) is 14.5. The van der Waals surface area contributed by atoms with Gasteiger partial charge >= 0.3 is 0 Å². The molecular formula is C31H40N2O2. The Bertz CT molecular complexity index is 1150. The summed E-state index contributed by atoms with van der Waals surface area (Å²) >= 11 is 0. The van der Waals surface area contributed by atoms with Gasteiger partial charge in [-0.2, -0.15) is 0 Å². The molecule has 1 spiro atoms. The molecule has 0 bridgehead atoms. The van der Waals surface area contributed by atoms with E-state index in [0.29, 0.717) is 12.0 Å². The Hall–Kier alpha value is -3.27. The molecule has 1 aromatic rings. The maximum absolute atomic E-state index is 13.1. The van der Waals surface area contributed by atoms with Gasteiger partial charge in [0.2, 0.25) is 5.72 Å². The largest absolute Gasteiger partial charge is 0.463 e. The number of nitrogens with zero attached hydrogens (tertiary/aromatic N) is 2. The number of carbonyl (C=O) groups is 1. The van der Waals surface area contributed by atoms with E-state index in [1.165, 1.54) is 0 Å². The molecule has 0 saturated carbocycles. The number of para-hydroxylation sites is 1. The highest BCUT2D eigenvalue weighted by Gasteiger charge is 2.59. The standard InChI is InChI=1S/C31H40N2O2/c1-10-25(32(7)8)18-16-22(3)29(34)23(4)17-19-26-27(11-2)33(9)31(30(26,5)6)21-20-24-14-12-13-15-28(24)35-31/h10-16,18-22H,4,17H2,1-3,5-9H3/b18-16-,25-10+,26-19?,27-11+. The number of likely N-dealkylation sites (tertiary alicyclic amines) is 1. The first-order valence-electron chi connectivity index (χ1n) is 12.3. The lowest BCUT2D eigenvalue weighted by molar-refractivity contribution is -0.117. The molecule has 35 heavy (non-hydrogen) atoms. The van der Waals surface area contributed by atoms with E-state index in [1.807, 2.05) is 76.2 Å². The van der Waals surface area contributed by atoms with Gasteiger partial charge in [-0.3, -0.25) is 4.79 Å². The number of hydrogen-bond acceptors (Lipinski definition) is 4. The smallest absolute Gasteiger partial charge is 0.211 e. The van der Waals surface area contributed by atoms with Crippen LogP contribution in [-0.2, 0) is 4.79 Å². The molecule has 0 aliphatic carbocycles. The average molecular weight is 473 g/mol. The number of allylic oxidation sites excluding steroid dienone is 7. The van der Waals surface area contributed by atoms with Gasteiger partial charge in [-0.1, -0.05) is 56.0 Å². The third kappa shape index (κ3) is 4.67. The SMILES string of the molecule is C=C(CC=C1/C(=C\C)N(C)C2(C=Cc3ccccc3O2)C1(C)C)C(=O)C(C)/C=C\C(=C/C)N(C)C. The molecule has 2 heterocycles. The third-order valence-corrected chi connectivity index (χ3v) is 7.33. The lowest BCUT2D eigenvalue weighted by Gasteiger charge is -2.45. The molecule has 0 radical (unpaired) electrons. The minimum Gasteiger partial charge on any atom is -0.463 e. The predicted octanol–water partition coefficient (Wildman–Crippen LogP) is 6.76. The van der Waals surface area contributed by atoms with Gasteiger partial charge in [-0.25, -0.2) is 0 Å². The van der Waals surface area contributed by atoms with Crippen molar-refractivity contribution in [2.24, 2.45) is 11.3 Å². The number of likely N-dealkylation sites (N-methyl/N-ethyl adjacent to an activating group) is 2. The lowest BCUT2D eigenvalue weighted by Crippen LogP contribution is -2.54. The Morgan fingerprint density at radius 3 is 2.54 bits per heavy atom. The number of hydrogen-bond donors (Lipinski definition) is 0. The highest BCUT2D eigenvalue weighted by Crippen LogP contribution is 2.56. The van der Waals surface area contributed by atoms with E-state index >= 15 is 0 Å². The van der Waals surface area contributed by atoms with E-state index in [-0.39, 0.29) is 17.1 Å². The molecule has 1 aromatic carbocycles. The number of rotatable bonds is 7. The van der Waals surface area contributed by atoms with Crippen LogP contribution >= 0.6 is 0 Å². The van der Waals surface area contributed by atoms with E-state index in [2.05, 4.69) is 62.7 Å². The van der Waals surface area contributed by atoms with Gasteiger partial charge in [0.25, 0.3) is 0 Å². The molecule has 4 heteroatoms. The normalized spacial score (nSPS) is 24.2. The van der Waals surface area contributed by atoms with Gasteiger partial charge in [-0.15, -0.1) is 0 Å². The van der Waals surface area contributed by atoms with Crippen molar-refractivity contribution in [3.05, 3.63) is 95.4 Å². The second-order valence-electron chi connectivity index (χ2n) is 10.1. The zero-order valence-electron chi connectivity index (χ0n) is 22.6. The van der Waals surface area contributed by atoms with Crippen molar-refractivity contribution in [3.8, 4) is 5.75 Å². The van der Waals surface area contributed by atoms with Crippen molar-refractivity contribution in [2.75, 3.05) is 21.1 Å². The van der Waals surface area contributed by atoms with Crippen LogP contribution in [0.1, 0.15) is 46.6 Å². The Kier molecular flexibility index (Phi) is 7.64. The van der Waals surface area contributed by atoms with E-state index < -0.39 is 5.72 Å².